The van der Waals surface area contributed by atoms with E-state index in [1.807, 2.05) is 0 Å². The molecule has 0 amide bonds. The van der Waals surface area contributed by atoms with E-state index < -0.39 is 0 Å². The molecular formula is C12H21N3O2. The Morgan fingerprint density at radius 1 is 1.59 bits per heavy atom. The Hall–Kier alpha value is -0.940. The van der Waals surface area contributed by atoms with E-state index in [1.165, 1.54) is 0 Å². The first-order valence-corrected chi connectivity index (χ1v) is 6.34. The lowest BCUT2D eigenvalue weighted by Gasteiger charge is -2.25. The largest absolute Gasteiger partial charge is 0.373 e. The van der Waals surface area contributed by atoms with E-state index in [-0.39, 0.29) is 6.10 Å². The van der Waals surface area contributed by atoms with Crippen LogP contribution in [0.25, 0.3) is 0 Å². The van der Waals surface area contributed by atoms with E-state index in [1.54, 1.807) is 7.11 Å². The van der Waals surface area contributed by atoms with Crippen molar-refractivity contribution in [3.05, 3.63) is 11.7 Å². The zero-order valence-electron chi connectivity index (χ0n) is 10.8. The zero-order valence-corrected chi connectivity index (χ0v) is 10.8. The van der Waals surface area contributed by atoms with Crippen molar-refractivity contribution >= 4 is 0 Å². The molecule has 0 aliphatic carbocycles. The highest BCUT2D eigenvalue weighted by atomic mass is 16.5. The van der Waals surface area contributed by atoms with Crippen LogP contribution >= 0.6 is 0 Å². The van der Waals surface area contributed by atoms with Gasteiger partial charge in [-0.15, -0.1) is 0 Å². The summed E-state index contributed by atoms with van der Waals surface area (Å²) in [4.78, 5) is 4.48. The topological polar surface area (TPSA) is 60.2 Å². The van der Waals surface area contributed by atoms with Gasteiger partial charge in [-0.05, 0) is 32.7 Å². The lowest BCUT2D eigenvalue weighted by Crippen LogP contribution is -2.34. The summed E-state index contributed by atoms with van der Waals surface area (Å²) < 4.78 is 10.7. The first-order chi connectivity index (χ1) is 8.24. The standard InChI is InChI=1S/C12H21N3O2/c1-4-10(16-3)11-14-12(17-15-11)9-5-6-13-8(2)7-9/h8-10,13H,4-7H2,1-3H3. The number of rotatable bonds is 4. The second kappa shape index (κ2) is 5.60. The van der Waals surface area contributed by atoms with E-state index in [0.717, 1.165) is 31.7 Å². The lowest BCUT2D eigenvalue weighted by atomic mass is 9.93. The second-order valence-electron chi connectivity index (χ2n) is 4.70. The SMILES string of the molecule is CCC(OC)c1noc(C2CCNC(C)C2)n1. The highest BCUT2D eigenvalue weighted by Crippen LogP contribution is 2.27. The average molecular weight is 239 g/mol. The van der Waals surface area contributed by atoms with Gasteiger partial charge < -0.3 is 14.6 Å². The second-order valence-corrected chi connectivity index (χ2v) is 4.70. The molecule has 1 aliphatic rings. The fourth-order valence-electron chi connectivity index (χ4n) is 2.35. The van der Waals surface area contributed by atoms with E-state index in [2.05, 4.69) is 29.3 Å². The first-order valence-electron chi connectivity index (χ1n) is 6.34. The van der Waals surface area contributed by atoms with E-state index in [4.69, 9.17) is 9.26 Å². The van der Waals surface area contributed by atoms with Crippen LogP contribution in [0.3, 0.4) is 0 Å². The third-order valence-corrected chi connectivity index (χ3v) is 3.37. The highest BCUT2D eigenvalue weighted by Gasteiger charge is 2.26. The van der Waals surface area contributed by atoms with E-state index >= 15 is 0 Å². The van der Waals surface area contributed by atoms with Crippen LogP contribution in [0.2, 0.25) is 0 Å². The molecule has 0 aromatic carbocycles. The minimum absolute atomic E-state index is 0.0494. The molecule has 3 unspecified atom stereocenters. The third kappa shape index (κ3) is 2.84. The quantitative estimate of drug-likeness (QED) is 0.871. The van der Waals surface area contributed by atoms with Gasteiger partial charge in [-0.25, -0.2) is 0 Å². The van der Waals surface area contributed by atoms with Gasteiger partial charge in [-0.3, -0.25) is 0 Å². The smallest absolute Gasteiger partial charge is 0.229 e. The normalized spacial score (nSPS) is 27.0. The third-order valence-electron chi connectivity index (χ3n) is 3.37. The van der Waals surface area contributed by atoms with Crippen LogP contribution < -0.4 is 5.32 Å². The van der Waals surface area contributed by atoms with Crippen LogP contribution in [-0.2, 0) is 4.74 Å². The number of hydrogen-bond donors (Lipinski definition) is 1. The van der Waals surface area contributed by atoms with Gasteiger partial charge in [0, 0.05) is 19.1 Å². The van der Waals surface area contributed by atoms with Gasteiger partial charge in [-0.2, -0.15) is 4.98 Å². The molecule has 1 aromatic rings. The number of nitrogens with one attached hydrogen (secondary N) is 1. The summed E-state index contributed by atoms with van der Waals surface area (Å²) in [5, 5.41) is 7.45. The fourth-order valence-corrected chi connectivity index (χ4v) is 2.35. The van der Waals surface area contributed by atoms with Gasteiger partial charge in [0.05, 0.1) is 0 Å². The van der Waals surface area contributed by atoms with Crippen molar-refractivity contribution in [3.8, 4) is 0 Å². The molecule has 0 bridgehead atoms. The molecule has 17 heavy (non-hydrogen) atoms. The number of ether oxygens (including phenoxy) is 1. The van der Waals surface area contributed by atoms with Crippen LogP contribution in [0.5, 0.6) is 0 Å². The van der Waals surface area contributed by atoms with Gasteiger partial charge >= 0.3 is 0 Å². The van der Waals surface area contributed by atoms with Gasteiger partial charge in [0.2, 0.25) is 11.7 Å². The number of methoxy groups -OCH3 is 1. The molecule has 1 saturated heterocycles. The van der Waals surface area contributed by atoms with E-state index in [0.29, 0.717) is 17.8 Å². The molecule has 1 fully saturated rings. The molecule has 0 radical (unpaired) electrons. The molecule has 3 atom stereocenters. The van der Waals surface area contributed by atoms with Crippen LogP contribution in [0.1, 0.15) is 56.8 Å². The van der Waals surface area contributed by atoms with Gasteiger partial charge in [-0.1, -0.05) is 12.1 Å². The highest BCUT2D eigenvalue weighted by molar-refractivity contribution is 4.99. The van der Waals surface area contributed by atoms with Gasteiger partial charge in [0.1, 0.15) is 6.10 Å². The molecule has 0 spiro atoms. The summed E-state index contributed by atoms with van der Waals surface area (Å²) in [6, 6.07) is 0.522. The number of piperidine rings is 1. The maximum atomic E-state index is 5.37. The minimum atomic E-state index is -0.0494. The van der Waals surface area contributed by atoms with Crippen molar-refractivity contribution < 1.29 is 9.26 Å². The Morgan fingerprint density at radius 3 is 3.06 bits per heavy atom. The van der Waals surface area contributed by atoms with Crippen molar-refractivity contribution in [2.45, 2.75) is 51.2 Å². The number of hydrogen-bond acceptors (Lipinski definition) is 5. The maximum absolute atomic E-state index is 5.37. The Bertz CT molecular complexity index is 349. The molecule has 5 heteroatoms. The summed E-state index contributed by atoms with van der Waals surface area (Å²) in [7, 11) is 1.68. The summed E-state index contributed by atoms with van der Waals surface area (Å²) in [5.74, 6) is 1.84. The molecule has 2 heterocycles. The van der Waals surface area contributed by atoms with Crippen molar-refractivity contribution in [1.29, 1.82) is 0 Å². The predicted octanol–water partition coefficient (Wildman–Crippen LogP) is 2.02. The van der Waals surface area contributed by atoms with Crippen molar-refractivity contribution in [2.24, 2.45) is 0 Å². The zero-order chi connectivity index (χ0) is 12.3. The van der Waals surface area contributed by atoms with Crippen LogP contribution in [0.15, 0.2) is 4.52 Å². The Morgan fingerprint density at radius 2 is 2.41 bits per heavy atom. The molecule has 0 saturated carbocycles. The molecule has 1 aromatic heterocycles. The molecule has 96 valence electrons. The first kappa shape index (κ1) is 12.5. The molecule has 1 N–H and O–H groups in total. The molecular weight excluding hydrogens is 218 g/mol. The Balaban J connectivity index is 2.06. The fraction of sp³-hybridized carbons (Fsp3) is 0.833. The van der Waals surface area contributed by atoms with Gasteiger partial charge in [0.15, 0.2) is 0 Å². The van der Waals surface area contributed by atoms with Crippen LogP contribution in [0, 0.1) is 0 Å². The van der Waals surface area contributed by atoms with Crippen LogP contribution in [0.4, 0.5) is 0 Å². The average Bonchev–Trinajstić information content (AvgIpc) is 2.80. The number of aromatic nitrogens is 2. The summed E-state index contributed by atoms with van der Waals surface area (Å²) >= 11 is 0. The monoisotopic (exact) mass is 239 g/mol. The summed E-state index contributed by atoms with van der Waals surface area (Å²) in [5.41, 5.74) is 0. The van der Waals surface area contributed by atoms with Crippen molar-refractivity contribution in [2.75, 3.05) is 13.7 Å². The van der Waals surface area contributed by atoms with Gasteiger partial charge in [0.25, 0.3) is 0 Å². The Kier molecular flexibility index (Phi) is 4.12. The lowest BCUT2D eigenvalue weighted by molar-refractivity contribution is 0.0903. The maximum Gasteiger partial charge on any atom is 0.229 e. The van der Waals surface area contributed by atoms with E-state index in [9.17, 15) is 0 Å². The van der Waals surface area contributed by atoms with Crippen LogP contribution in [-0.4, -0.2) is 29.8 Å². The molecule has 5 nitrogen and oxygen atoms in total. The minimum Gasteiger partial charge on any atom is -0.373 e. The Labute approximate surface area is 102 Å². The van der Waals surface area contributed by atoms with Crippen molar-refractivity contribution in [3.63, 3.8) is 0 Å². The van der Waals surface area contributed by atoms with Crippen molar-refractivity contribution in [1.82, 2.24) is 15.5 Å². The molecule has 2 rings (SSSR count). The number of nitrogens with zero attached hydrogens (tertiary/aromatic N) is 2. The summed E-state index contributed by atoms with van der Waals surface area (Å²) in [6.45, 7) is 5.26. The predicted molar refractivity (Wildman–Crippen MR) is 63.8 cm³/mol. The molecule has 1 aliphatic heterocycles. The summed E-state index contributed by atoms with van der Waals surface area (Å²) in [6.07, 6.45) is 2.94.